The first-order chi connectivity index (χ1) is 5.43. The van der Waals surface area contributed by atoms with Gasteiger partial charge < -0.3 is 4.74 Å². The molecule has 1 nitrogen and oxygen atoms in total. The van der Waals surface area contributed by atoms with Crippen molar-refractivity contribution in [2.45, 2.75) is 44.6 Å². The maximum absolute atomic E-state index is 5.59. The minimum Gasteiger partial charge on any atom is -0.378 e. The maximum Gasteiger partial charge on any atom is 0.0575 e. The van der Waals surface area contributed by atoms with Gasteiger partial charge in [0.1, 0.15) is 0 Å². The molecule has 0 radical (unpaired) electrons. The predicted molar refractivity (Wildman–Crippen MR) is 47.6 cm³/mol. The highest BCUT2D eigenvalue weighted by atomic mass is 16.5. The summed E-state index contributed by atoms with van der Waals surface area (Å²) in [6.07, 6.45) is 10.1. The van der Waals surface area contributed by atoms with Crippen molar-refractivity contribution in [3.63, 3.8) is 0 Å². The third kappa shape index (κ3) is 3.57. The molecule has 11 heavy (non-hydrogen) atoms. The van der Waals surface area contributed by atoms with E-state index in [0.29, 0.717) is 6.10 Å². The molecule has 1 heterocycles. The van der Waals surface area contributed by atoms with Crippen molar-refractivity contribution in [3.05, 3.63) is 12.7 Å². The molecule has 0 aliphatic carbocycles. The van der Waals surface area contributed by atoms with Crippen LogP contribution in [0.5, 0.6) is 0 Å². The quantitative estimate of drug-likeness (QED) is 0.447. The summed E-state index contributed by atoms with van der Waals surface area (Å²) in [7, 11) is 0. The second-order valence-corrected chi connectivity index (χ2v) is 3.21. The zero-order valence-corrected chi connectivity index (χ0v) is 7.22. The topological polar surface area (TPSA) is 9.23 Å². The van der Waals surface area contributed by atoms with Crippen LogP contribution in [0.4, 0.5) is 0 Å². The third-order valence-electron chi connectivity index (χ3n) is 2.21. The summed E-state index contributed by atoms with van der Waals surface area (Å²) in [4.78, 5) is 0. The van der Waals surface area contributed by atoms with E-state index in [9.17, 15) is 0 Å². The first kappa shape index (κ1) is 8.79. The first-order valence-corrected chi connectivity index (χ1v) is 4.66. The van der Waals surface area contributed by atoms with Crippen LogP contribution in [-0.2, 0) is 4.74 Å². The lowest BCUT2D eigenvalue weighted by atomic mass is 10.0. The molecule has 1 atom stereocenters. The maximum atomic E-state index is 5.59. The monoisotopic (exact) mass is 154 g/mol. The van der Waals surface area contributed by atoms with Crippen LogP contribution >= 0.6 is 0 Å². The number of hydrogen-bond donors (Lipinski definition) is 0. The molecule has 0 aromatic heterocycles. The van der Waals surface area contributed by atoms with Gasteiger partial charge in [-0.2, -0.15) is 0 Å². The summed E-state index contributed by atoms with van der Waals surface area (Å²) in [5, 5.41) is 0. The summed E-state index contributed by atoms with van der Waals surface area (Å²) in [6.45, 7) is 4.69. The largest absolute Gasteiger partial charge is 0.378 e. The lowest BCUT2D eigenvalue weighted by Crippen LogP contribution is -2.18. The van der Waals surface area contributed by atoms with E-state index in [1.165, 1.54) is 32.1 Å². The van der Waals surface area contributed by atoms with Gasteiger partial charge in [-0.25, -0.2) is 0 Å². The van der Waals surface area contributed by atoms with E-state index in [1.807, 2.05) is 6.08 Å². The smallest absolute Gasteiger partial charge is 0.0575 e. The zero-order chi connectivity index (χ0) is 7.94. The fraction of sp³-hybridized carbons (Fsp3) is 0.800. The average molecular weight is 154 g/mol. The van der Waals surface area contributed by atoms with E-state index in [2.05, 4.69) is 6.58 Å². The molecular formula is C10H18O. The Labute approximate surface area is 69.4 Å². The lowest BCUT2D eigenvalue weighted by molar-refractivity contribution is 0.0103. The van der Waals surface area contributed by atoms with Crippen LogP contribution in [0.25, 0.3) is 0 Å². The normalized spacial score (nSPS) is 24.9. The summed E-state index contributed by atoms with van der Waals surface area (Å²) < 4.78 is 5.59. The minimum atomic E-state index is 0.559. The third-order valence-corrected chi connectivity index (χ3v) is 2.21. The Kier molecular flexibility index (Phi) is 4.29. The SMILES string of the molecule is C=CCCC[C@H]1CCCCO1. The number of rotatable bonds is 4. The molecule has 0 spiro atoms. The molecule has 0 N–H and O–H groups in total. The summed E-state index contributed by atoms with van der Waals surface area (Å²) >= 11 is 0. The molecule has 0 saturated carbocycles. The van der Waals surface area contributed by atoms with Gasteiger partial charge in [0.15, 0.2) is 0 Å². The molecule has 1 heteroatoms. The van der Waals surface area contributed by atoms with Gasteiger partial charge in [0.05, 0.1) is 6.10 Å². The summed E-state index contributed by atoms with van der Waals surface area (Å²) in [5.41, 5.74) is 0. The number of ether oxygens (including phenoxy) is 1. The van der Waals surface area contributed by atoms with Crippen LogP contribution in [0.2, 0.25) is 0 Å². The van der Waals surface area contributed by atoms with Gasteiger partial charge >= 0.3 is 0 Å². The molecule has 1 saturated heterocycles. The molecule has 0 bridgehead atoms. The molecule has 0 unspecified atom stereocenters. The molecular weight excluding hydrogens is 136 g/mol. The van der Waals surface area contributed by atoms with Gasteiger partial charge in [-0.3, -0.25) is 0 Å². The van der Waals surface area contributed by atoms with Gasteiger partial charge in [0, 0.05) is 6.61 Å². The second kappa shape index (κ2) is 5.36. The standard InChI is InChI=1S/C10H18O/c1-2-3-4-7-10-8-5-6-9-11-10/h2,10H,1,3-9H2/t10-/m0/s1. The summed E-state index contributed by atoms with van der Waals surface area (Å²) in [6, 6.07) is 0. The van der Waals surface area contributed by atoms with Crippen molar-refractivity contribution < 1.29 is 4.74 Å². The van der Waals surface area contributed by atoms with Crippen LogP contribution < -0.4 is 0 Å². The number of allylic oxidation sites excluding steroid dienone is 1. The van der Waals surface area contributed by atoms with E-state index in [-0.39, 0.29) is 0 Å². The Bertz CT molecular complexity index is 103. The molecule has 1 rings (SSSR count). The zero-order valence-electron chi connectivity index (χ0n) is 7.22. The molecule has 1 aliphatic heterocycles. The van der Waals surface area contributed by atoms with Gasteiger partial charge in [0.25, 0.3) is 0 Å². The molecule has 64 valence electrons. The lowest BCUT2D eigenvalue weighted by Gasteiger charge is -2.22. The predicted octanol–water partition coefficient (Wildman–Crippen LogP) is 2.91. The summed E-state index contributed by atoms with van der Waals surface area (Å²) in [5.74, 6) is 0. The highest BCUT2D eigenvalue weighted by Crippen LogP contribution is 2.17. The van der Waals surface area contributed by atoms with E-state index >= 15 is 0 Å². The highest BCUT2D eigenvalue weighted by Gasteiger charge is 2.12. The molecule has 0 aromatic carbocycles. The number of unbranched alkanes of at least 4 members (excludes halogenated alkanes) is 1. The van der Waals surface area contributed by atoms with Gasteiger partial charge in [-0.05, 0) is 38.5 Å². The van der Waals surface area contributed by atoms with Crippen molar-refractivity contribution in [2.24, 2.45) is 0 Å². The van der Waals surface area contributed by atoms with E-state index < -0.39 is 0 Å². The molecule has 1 fully saturated rings. The van der Waals surface area contributed by atoms with Crippen LogP contribution in [0.3, 0.4) is 0 Å². The average Bonchev–Trinajstić information content (AvgIpc) is 2.07. The van der Waals surface area contributed by atoms with E-state index in [0.717, 1.165) is 13.0 Å². The van der Waals surface area contributed by atoms with Crippen molar-refractivity contribution in [1.29, 1.82) is 0 Å². The minimum absolute atomic E-state index is 0.559. The van der Waals surface area contributed by atoms with Gasteiger partial charge in [-0.1, -0.05) is 6.08 Å². The molecule has 0 amide bonds. The van der Waals surface area contributed by atoms with Crippen LogP contribution in [0, 0.1) is 0 Å². The molecule has 1 aliphatic rings. The Morgan fingerprint density at radius 3 is 3.00 bits per heavy atom. The van der Waals surface area contributed by atoms with Crippen molar-refractivity contribution in [1.82, 2.24) is 0 Å². The Hall–Kier alpha value is -0.300. The van der Waals surface area contributed by atoms with Gasteiger partial charge in [0.2, 0.25) is 0 Å². The van der Waals surface area contributed by atoms with Crippen molar-refractivity contribution in [2.75, 3.05) is 6.61 Å². The van der Waals surface area contributed by atoms with Crippen molar-refractivity contribution >= 4 is 0 Å². The van der Waals surface area contributed by atoms with Gasteiger partial charge in [-0.15, -0.1) is 6.58 Å². The Balaban J connectivity index is 2.00. The Morgan fingerprint density at radius 1 is 1.45 bits per heavy atom. The fourth-order valence-electron chi connectivity index (χ4n) is 1.52. The molecule has 0 aromatic rings. The van der Waals surface area contributed by atoms with Crippen LogP contribution in [-0.4, -0.2) is 12.7 Å². The first-order valence-electron chi connectivity index (χ1n) is 4.66. The van der Waals surface area contributed by atoms with E-state index in [4.69, 9.17) is 4.74 Å². The number of hydrogen-bond acceptors (Lipinski definition) is 1. The fourth-order valence-corrected chi connectivity index (χ4v) is 1.52. The highest BCUT2D eigenvalue weighted by molar-refractivity contribution is 4.69. The van der Waals surface area contributed by atoms with Crippen LogP contribution in [0.15, 0.2) is 12.7 Å². The van der Waals surface area contributed by atoms with Crippen LogP contribution in [0.1, 0.15) is 38.5 Å². The van der Waals surface area contributed by atoms with Crippen molar-refractivity contribution in [3.8, 4) is 0 Å². The second-order valence-electron chi connectivity index (χ2n) is 3.21. The Morgan fingerprint density at radius 2 is 2.36 bits per heavy atom. The van der Waals surface area contributed by atoms with E-state index in [1.54, 1.807) is 0 Å².